The molecule has 0 heterocycles. The van der Waals surface area contributed by atoms with Crippen LogP contribution < -0.4 is 5.32 Å². The number of hydrogen-bond donors (Lipinski definition) is 1. The number of fused-ring (bicyclic) bond motifs is 5. The highest BCUT2D eigenvalue weighted by Gasteiger charge is 2.65. The van der Waals surface area contributed by atoms with Crippen molar-refractivity contribution in [3.63, 3.8) is 0 Å². The summed E-state index contributed by atoms with van der Waals surface area (Å²) in [6.45, 7) is 0. The van der Waals surface area contributed by atoms with E-state index in [4.69, 9.17) is 0 Å². The summed E-state index contributed by atoms with van der Waals surface area (Å²) in [6, 6.07) is 4.90. The number of carbonyl (C=O) groups is 1. The van der Waals surface area contributed by atoms with Crippen molar-refractivity contribution in [1.82, 2.24) is 5.32 Å². The van der Waals surface area contributed by atoms with Gasteiger partial charge in [0.25, 0.3) is 5.91 Å². The smallest absolute Gasteiger partial charge is 0.251 e. The van der Waals surface area contributed by atoms with Crippen molar-refractivity contribution in [2.24, 2.45) is 23.7 Å². The Hall–Kier alpha value is -0.900. The maximum atomic E-state index is 13.4. The van der Waals surface area contributed by atoms with Crippen LogP contribution in [0.1, 0.15) is 29.6 Å². The average Bonchev–Trinajstić information content (AvgIpc) is 2.81. The van der Waals surface area contributed by atoms with Gasteiger partial charge in [0.15, 0.2) is 0 Å². The average molecular weight is 324 g/mol. The second-order valence-electron chi connectivity index (χ2n) is 6.12. The normalized spacial score (nSPS) is 38.1. The molecule has 3 aliphatic rings. The lowest BCUT2D eigenvalue weighted by Crippen LogP contribution is -2.30. The number of amides is 1. The molecule has 2 bridgehead atoms. The lowest BCUT2D eigenvalue weighted by atomic mass is 10.0. The van der Waals surface area contributed by atoms with Crippen LogP contribution in [0.4, 0.5) is 4.39 Å². The maximum absolute atomic E-state index is 13.4. The van der Waals surface area contributed by atoms with Crippen LogP contribution in [0.25, 0.3) is 0 Å². The van der Waals surface area contributed by atoms with Gasteiger partial charge in [-0.25, -0.2) is 4.39 Å². The zero-order chi connectivity index (χ0) is 13.1. The third-order valence-electron chi connectivity index (χ3n) is 5.21. The summed E-state index contributed by atoms with van der Waals surface area (Å²) in [5.41, 5.74) is 0.415. The molecule has 2 nitrogen and oxygen atoms in total. The van der Waals surface area contributed by atoms with E-state index in [9.17, 15) is 9.18 Å². The summed E-state index contributed by atoms with van der Waals surface area (Å²) in [5.74, 6) is 2.57. The molecule has 4 rings (SSSR count). The minimum absolute atomic E-state index is 0.134. The molecule has 1 N–H and O–H groups in total. The van der Waals surface area contributed by atoms with Gasteiger partial charge in [-0.2, -0.15) is 0 Å². The Kier molecular flexibility index (Phi) is 2.53. The second kappa shape index (κ2) is 4.05. The van der Waals surface area contributed by atoms with Gasteiger partial charge in [0.05, 0.1) is 4.47 Å². The monoisotopic (exact) mass is 323 g/mol. The number of hydrogen-bond acceptors (Lipinski definition) is 1. The Balaban J connectivity index is 1.46. The first kappa shape index (κ1) is 11.9. The zero-order valence-electron chi connectivity index (χ0n) is 10.4. The van der Waals surface area contributed by atoms with Gasteiger partial charge in [-0.05, 0) is 77.1 Å². The molecule has 3 fully saturated rings. The molecule has 0 aliphatic heterocycles. The van der Waals surface area contributed by atoms with Crippen molar-refractivity contribution < 1.29 is 9.18 Å². The largest absolute Gasteiger partial charge is 0.349 e. The van der Waals surface area contributed by atoms with Gasteiger partial charge < -0.3 is 5.32 Å². The van der Waals surface area contributed by atoms with E-state index in [0.29, 0.717) is 27.9 Å². The van der Waals surface area contributed by atoms with Crippen molar-refractivity contribution in [1.29, 1.82) is 0 Å². The molecule has 0 aromatic heterocycles. The Morgan fingerprint density at radius 3 is 2.58 bits per heavy atom. The minimum Gasteiger partial charge on any atom is -0.349 e. The second-order valence-corrected chi connectivity index (χ2v) is 6.97. The molecule has 1 aromatic rings. The van der Waals surface area contributed by atoms with E-state index in [1.807, 2.05) is 0 Å². The molecule has 4 heteroatoms. The molecule has 0 radical (unpaired) electrons. The van der Waals surface area contributed by atoms with E-state index >= 15 is 0 Å². The van der Waals surface area contributed by atoms with Crippen LogP contribution in [0.2, 0.25) is 0 Å². The highest BCUT2D eigenvalue weighted by molar-refractivity contribution is 9.10. The first-order valence-corrected chi connectivity index (χ1v) is 7.70. The molecule has 4 unspecified atom stereocenters. The van der Waals surface area contributed by atoms with Gasteiger partial charge in [-0.15, -0.1) is 0 Å². The Morgan fingerprint density at radius 2 is 1.95 bits per heavy atom. The third-order valence-corrected chi connectivity index (χ3v) is 5.86. The summed E-state index contributed by atoms with van der Waals surface area (Å²) >= 11 is 3.10. The lowest BCUT2D eigenvalue weighted by Gasteiger charge is -2.10. The highest BCUT2D eigenvalue weighted by atomic mass is 79.9. The van der Waals surface area contributed by atoms with Crippen LogP contribution >= 0.6 is 15.9 Å². The lowest BCUT2D eigenvalue weighted by molar-refractivity contribution is 0.0944. The van der Waals surface area contributed by atoms with E-state index in [1.54, 1.807) is 12.1 Å². The molecule has 1 amide bonds. The number of halogens is 2. The van der Waals surface area contributed by atoms with Crippen molar-refractivity contribution in [2.45, 2.75) is 25.3 Å². The number of nitrogens with one attached hydrogen (secondary N) is 1. The van der Waals surface area contributed by atoms with Gasteiger partial charge in [0.1, 0.15) is 5.82 Å². The van der Waals surface area contributed by atoms with Crippen LogP contribution in [0.15, 0.2) is 22.7 Å². The van der Waals surface area contributed by atoms with Crippen LogP contribution in [0, 0.1) is 29.5 Å². The topological polar surface area (TPSA) is 29.1 Å². The van der Waals surface area contributed by atoms with Crippen LogP contribution in [0.3, 0.4) is 0 Å². The van der Waals surface area contributed by atoms with Crippen molar-refractivity contribution in [3.05, 3.63) is 34.1 Å². The molecule has 4 atom stereocenters. The van der Waals surface area contributed by atoms with Crippen molar-refractivity contribution in [3.8, 4) is 0 Å². The molecular weight excluding hydrogens is 309 g/mol. The standard InChI is InChI=1S/C15H15BrFNO/c16-10-4-3-9(6-11(10)17)15(19)18-14-12-7-1-2-8(5-7)13(12)14/h3-4,6-8,12-14H,1-2,5H2,(H,18,19). The van der Waals surface area contributed by atoms with Crippen LogP contribution in [0.5, 0.6) is 0 Å². The van der Waals surface area contributed by atoms with Gasteiger partial charge in [-0.3, -0.25) is 4.79 Å². The Morgan fingerprint density at radius 1 is 1.26 bits per heavy atom. The zero-order valence-corrected chi connectivity index (χ0v) is 12.0. The van der Waals surface area contributed by atoms with Crippen LogP contribution in [-0.4, -0.2) is 11.9 Å². The molecule has 0 saturated heterocycles. The molecular formula is C15H15BrFNO. The molecule has 1 aromatic carbocycles. The van der Waals surface area contributed by atoms with Crippen molar-refractivity contribution in [2.75, 3.05) is 0 Å². The van der Waals surface area contributed by atoms with Gasteiger partial charge in [-0.1, -0.05) is 0 Å². The molecule has 3 saturated carbocycles. The summed E-state index contributed by atoms with van der Waals surface area (Å²) < 4.78 is 13.8. The summed E-state index contributed by atoms with van der Waals surface area (Å²) in [5, 5.41) is 3.10. The van der Waals surface area contributed by atoms with Gasteiger partial charge >= 0.3 is 0 Å². The molecule has 100 valence electrons. The SMILES string of the molecule is O=C(NC1C2C3CCC(C3)C12)c1ccc(Br)c(F)c1. The highest BCUT2D eigenvalue weighted by Crippen LogP contribution is 2.65. The Labute approximate surface area is 119 Å². The van der Waals surface area contributed by atoms with E-state index in [-0.39, 0.29) is 11.7 Å². The summed E-state index contributed by atoms with van der Waals surface area (Å²) in [6.07, 6.45) is 4.05. The third kappa shape index (κ3) is 1.76. The number of rotatable bonds is 2. The summed E-state index contributed by atoms with van der Waals surface area (Å²) in [4.78, 5) is 12.1. The maximum Gasteiger partial charge on any atom is 0.251 e. The molecule has 19 heavy (non-hydrogen) atoms. The fourth-order valence-electron chi connectivity index (χ4n) is 4.39. The predicted molar refractivity (Wildman–Crippen MR) is 73.2 cm³/mol. The first-order chi connectivity index (χ1) is 9.15. The first-order valence-electron chi connectivity index (χ1n) is 6.91. The van der Waals surface area contributed by atoms with E-state index < -0.39 is 0 Å². The number of benzene rings is 1. The van der Waals surface area contributed by atoms with Crippen molar-refractivity contribution >= 4 is 21.8 Å². The van der Waals surface area contributed by atoms with E-state index in [1.165, 1.54) is 25.3 Å². The fourth-order valence-corrected chi connectivity index (χ4v) is 4.64. The van der Waals surface area contributed by atoms with Gasteiger partial charge in [0.2, 0.25) is 0 Å². The van der Waals surface area contributed by atoms with E-state index in [0.717, 1.165) is 11.8 Å². The molecule has 0 spiro atoms. The molecule has 3 aliphatic carbocycles. The fraction of sp³-hybridized carbons (Fsp3) is 0.533. The predicted octanol–water partition coefficient (Wildman–Crippen LogP) is 3.36. The quantitative estimate of drug-likeness (QED) is 0.888. The summed E-state index contributed by atoms with van der Waals surface area (Å²) in [7, 11) is 0. The number of carbonyl (C=O) groups excluding carboxylic acids is 1. The Bertz CT molecular complexity index is 545. The van der Waals surface area contributed by atoms with Crippen LogP contribution in [-0.2, 0) is 0 Å². The van der Waals surface area contributed by atoms with E-state index in [2.05, 4.69) is 21.2 Å². The van der Waals surface area contributed by atoms with Gasteiger partial charge in [0, 0.05) is 11.6 Å². The minimum atomic E-state index is -0.385.